The number of aromatic carboxylic acids is 1. The van der Waals surface area contributed by atoms with Crippen molar-refractivity contribution in [1.29, 1.82) is 0 Å². The minimum Gasteiger partial charge on any atom is -0.478 e. The van der Waals surface area contributed by atoms with E-state index in [9.17, 15) is 19.5 Å². The van der Waals surface area contributed by atoms with E-state index in [2.05, 4.69) is 198 Å². The van der Waals surface area contributed by atoms with Crippen molar-refractivity contribution in [2.45, 2.75) is 71.1 Å². The van der Waals surface area contributed by atoms with Crippen molar-refractivity contribution in [3.05, 3.63) is 293 Å². The SMILES string of the molecule is CCCCCCCC[N+]1=C(C=c2c(=O)c(=CCc3ccc(N(c4ccc(C=C(c5ccccc5)c5ccccc5)cc4)c4ccc(C=C(c5ccccc5)c5ccccc5)cc4)cc3)c2=O)C(C)(C)c2cc(C(=O)O)ccc21. The third-order valence-electron chi connectivity index (χ3n) is 15.1. The van der Waals surface area contributed by atoms with Crippen LogP contribution >= 0.6 is 0 Å². The number of anilines is 3. The fourth-order valence-corrected chi connectivity index (χ4v) is 10.8. The zero-order chi connectivity index (χ0) is 54.0. The molecule has 9 aromatic carbocycles. The van der Waals surface area contributed by atoms with E-state index in [0.717, 1.165) is 103 Å². The van der Waals surface area contributed by atoms with Crippen LogP contribution in [0.25, 0.3) is 35.5 Å². The Kier molecular flexibility index (Phi) is 16.1. The zero-order valence-corrected chi connectivity index (χ0v) is 44.7. The molecule has 0 fully saturated rings. The first-order valence-corrected chi connectivity index (χ1v) is 27.4. The number of hydrogen-bond acceptors (Lipinski definition) is 4. The first kappa shape index (κ1) is 52.4. The highest BCUT2D eigenvalue weighted by molar-refractivity contribution is 6.15. The van der Waals surface area contributed by atoms with E-state index in [1.807, 2.05) is 44.2 Å². The number of unbranched alkanes of at least 4 members (excludes halogenated alkanes) is 5. The van der Waals surface area contributed by atoms with Crippen molar-refractivity contribution in [1.82, 2.24) is 0 Å². The molecule has 386 valence electrons. The van der Waals surface area contributed by atoms with Crippen molar-refractivity contribution >= 4 is 69.9 Å². The van der Waals surface area contributed by atoms with Gasteiger partial charge in [-0.05, 0) is 137 Å². The van der Waals surface area contributed by atoms with E-state index in [1.165, 1.54) is 19.3 Å². The molecule has 0 bridgehead atoms. The standard InChI is InChI=1S/C72H64N2O4/c1-4-5-6-7-8-21-46-73-67-45-37-58(71(77)78)49-66(67)72(2,3)68(73)50-65-69(75)62(70(65)76)44-36-51-30-38-59(39-31-51)74(60-40-32-52(33-41-60)47-63(54-22-13-9-14-23-54)55-24-15-10-16-25-55)61-42-34-53(35-43-61)48-64(56-26-17-11-18-27-56)57-28-19-12-20-29-57/h9-20,22-35,37-45,47-50H,4-8,21,36,46H2,1-3H3/p+1. The molecule has 1 heterocycles. The number of carboxylic acids is 1. The van der Waals surface area contributed by atoms with Crippen LogP contribution in [0.3, 0.4) is 0 Å². The van der Waals surface area contributed by atoms with Crippen LogP contribution < -0.4 is 26.2 Å². The summed E-state index contributed by atoms with van der Waals surface area (Å²) < 4.78 is 2.19. The molecule has 0 amide bonds. The molecule has 1 aliphatic rings. The molecule has 0 saturated heterocycles. The van der Waals surface area contributed by atoms with E-state index in [4.69, 9.17) is 0 Å². The molecule has 0 atom stereocenters. The lowest BCUT2D eigenvalue weighted by molar-refractivity contribution is -0.437. The lowest BCUT2D eigenvalue weighted by Gasteiger charge is -2.26. The van der Waals surface area contributed by atoms with Crippen molar-refractivity contribution < 1.29 is 14.5 Å². The van der Waals surface area contributed by atoms with E-state index in [1.54, 1.807) is 24.3 Å². The van der Waals surface area contributed by atoms with Crippen molar-refractivity contribution in [2.75, 3.05) is 11.4 Å². The Morgan fingerprint density at radius 2 is 0.949 bits per heavy atom. The quantitative estimate of drug-likeness (QED) is 0.0468. The molecule has 0 spiro atoms. The second kappa shape index (κ2) is 23.9. The zero-order valence-electron chi connectivity index (χ0n) is 44.7. The van der Waals surface area contributed by atoms with Crippen LogP contribution in [0.2, 0.25) is 0 Å². The number of nitrogens with zero attached hydrogens (tertiary/aromatic N) is 2. The maximum atomic E-state index is 13.9. The maximum absolute atomic E-state index is 13.9. The molecule has 0 aliphatic carbocycles. The highest BCUT2D eigenvalue weighted by Crippen LogP contribution is 2.41. The monoisotopic (exact) mass is 1020 g/mol. The molecule has 1 N–H and O–H groups in total. The number of hydrogen-bond donors (Lipinski definition) is 1. The fourth-order valence-electron chi connectivity index (χ4n) is 10.8. The van der Waals surface area contributed by atoms with Crippen LogP contribution in [0.4, 0.5) is 22.7 Å². The Bertz CT molecular complexity index is 3600. The summed E-state index contributed by atoms with van der Waals surface area (Å²) >= 11 is 0. The van der Waals surface area contributed by atoms with Gasteiger partial charge >= 0.3 is 5.97 Å². The molecule has 0 unspecified atom stereocenters. The van der Waals surface area contributed by atoms with E-state index in [0.29, 0.717) is 13.0 Å². The van der Waals surface area contributed by atoms with Gasteiger partial charge in [0.2, 0.25) is 16.5 Å². The summed E-state index contributed by atoms with van der Waals surface area (Å²) in [7, 11) is 0. The summed E-state index contributed by atoms with van der Waals surface area (Å²) in [5.41, 5.74) is 14.7. The molecule has 78 heavy (non-hydrogen) atoms. The third kappa shape index (κ3) is 11.5. The number of rotatable bonds is 20. The minimum absolute atomic E-state index is 0.172. The number of benzene rings is 8. The molecule has 0 radical (unpaired) electrons. The van der Waals surface area contributed by atoms with Gasteiger partial charge in [-0.25, -0.2) is 4.79 Å². The normalized spacial score (nSPS) is 12.4. The molecule has 0 aromatic heterocycles. The van der Waals surface area contributed by atoms with Gasteiger partial charge < -0.3 is 10.0 Å². The van der Waals surface area contributed by atoms with E-state index in [-0.39, 0.29) is 26.9 Å². The summed E-state index contributed by atoms with van der Waals surface area (Å²) in [6.45, 7) is 7.01. The first-order chi connectivity index (χ1) is 38.1. The van der Waals surface area contributed by atoms with Crippen molar-refractivity contribution in [3.8, 4) is 0 Å². The average Bonchev–Trinajstić information content (AvgIpc) is 3.81. The van der Waals surface area contributed by atoms with Crippen LogP contribution in [0.1, 0.15) is 114 Å². The van der Waals surface area contributed by atoms with Gasteiger partial charge in [-0.2, -0.15) is 4.58 Å². The van der Waals surface area contributed by atoms with Gasteiger partial charge in [-0.1, -0.05) is 196 Å². The average molecular weight is 1020 g/mol. The van der Waals surface area contributed by atoms with Gasteiger partial charge in [0.15, 0.2) is 5.71 Å². The Morgan fingerprint density at radius 3 is 1.40 bits per heavy atom. The summed E-state index contributed by atoms with van der Waals surface area (Å²) in [6.07, 6.45) is 15.2. The van der Waals surface area contributed by atoms with Gasteiger partial charge in [0.1, 0.15) is 6.54 Å². The summed E-state index contributed by atoms with van der Waals surface area (Å²) in [5.74, 6) is -0.985. The number of fused-ring (bicyclic) bond motifs is 1. The third-order valence-corrected chi connectivity index (χ3v) is 15.1. The molecule has 10 rings (SSSR count). The summed E-state index contributed by atoms with van der Waals surface area (Å²) in [5, 5.41) is 10.2. The number of carboxylic acid groups (broad SMARTS) is 1. The van der Waals surface area contributed by atoms with Crippen LogP contribution in [-0.4, -0.2) is 27.9 Å². The Labute approximate surface area is 458 Å². The van der Waals surface area contributed by atoms with Gasteiger partial charge in [0.25, 0.3) is 0 Å². The Morgan fingerprint density at radius 1 is 0.513 bits per heavy atom. The Hall–Kier alpha value is -9.00. The van der Waals surface area contributed by atoms with Crippen LogP contribution in [0.5, 0.6) is 0 Å². The molecule has 1 aliphatic heterocycles. The van der Waals surface area contributed by atoms with Crippen LogP contribution in [-0.2, 0) is 11.8 Å². The highest BCUT2D eigenvalue weighted by Gasteiger charge is 2.45. The molecular formula is C72H65N2O4+. The van der Waals surface area contributed by atoms with Crippen LogP contribution in [0.15, 0.2) is 222 Å². The molecule has 0 saturated carbocycles. The van der Waals surface area contributed by atoms with Crippen LogP contribution in [0, 0.1) is 0 Å². The topological polar surface area (TPSA) is 77.7 Å². The van der Waals surface area contributed by atoms with Gasteiger partial charge in [-0.15, -0.1) is 0 Å². The lowest BCUT2D eigenvalue weighted by atomic mass is 9.80. The lowest BCUT2D eigenvalue weighted by Crippen LogP contribution is -2.65. The molecular weight excluding hydrogens is 957 g/mol. The largest absolute Gasteiger partial charge is 0.478 e. The predicted molar refractivity (Wildman–Crippen MR) is 324 cm³/mol. The molecule has 6 nitrogen and oxygen atoms in total. The summed E-state index contributed by atoms with van der Waals surface area (Å²) in [4.78, 5) is 42.1. The number of carbonyl (C=O) groups is 1. The minimum atomic E-state index is -0.985. The highest BCUT2D eigenvalue weighted by atomic mass is 16.4. The molecule has 6 heteroatoms. The first-order valence-electron chi connectivity index (χ1n) is 27.4. The predicted octanol–water partition coefficient (Wildman–Crippen LogP) is 14.9. The van der Waals surface area contributed by atoms with Crippen molar-refractivity contribution in [3.63, 3.8) is 0 Å². The fraction of sp³-hybridized carbons (Fsp3) is 0.167. The van der Waals surface area contributed by atoms with Gasteiger partial charge in [0.05, 0.1) is 21.4 Å². The second-order valence-electron chi connectivity index (χ2n) is 20.8. The van der Waals surface area contributed by atoms with E-state index >= 15 is 0 Å². The second-order valence-corrected chi connectivity index (χ2v) is 20.8. The summed E-state index contributed by atoms with van der Waals surface area (Å²) in [6, 6.07) is 72.8. The van der Waals surface area contributed by atoms with Gasteiger partial charge in [-0.3, -0.25) is 9.59 Å². The smallest absolute Gasteiger partial charge is 0.335 e. The molecule has 9 aromatic rings. The van der Waals surface area contributed by atoms with Crippen molar-refractivity contribution in [2.24, 2.45) is 0 Å². The van der Waals surface area contributed by atoms with Gasteiger partial charge in [0, 0.05) is 41.2 Å². The van der Waals surface area contributed by atoms with E-state index < -0.39 is 11.4 Å². The Balaban J connectivity index is 0.959. The maximum Gasteiger partial charge on any atom is 0.335 e.